The van der Waals surface area contributed by atoms with Crippen molar-refractivity contribution in [1.82, 2.24) is 15.1 Å². The molecule has 1 unspecified atom stereocenters. The Kier molecular flexibility index (Phi) is 6.30. The topological polar surface area (TPSA) is 79.0 Å². The molecule has 1 N–H and O–H groups in total. The lowest BCUT2D eigenvalue weighted by Crippen LogP contribution is -2.50. The first-order chi connectivity index (χ1) is 15.0. The molecule has 31 heavy (non-hydrogen) atoms. The summed E-state index contributed by atoms with van der Waals surface area (Å²) in [6, 6.07) is 5.56. The van der Waals surface area contributed by atoms with Gasteiger partial charge in [-0.25, -0.2) is 0 Å². The van der Waals surface area contributed by atoms with Gasteiger partial charge in [0.15, 0.2) is 6.61 Å². The monoisotopic (exact) mass is 425 g/mol. The van der Waals surface area contributed by atoms with Crippen LogP contribution in [0.1, 0.15) is 63.5 Å². The van der Waals surface area contributed by atoms with Crippen LogP contribution in [0.5, 0.6) is 5.75 Å². The minimum Gasteiger partial charge on any atom is -0.483 e. The predicted octanol–water partition coefficient (Wildman–Crippen LogP) is 2.84. The highest BCUT2D eigenvalue weighted by Crippen LogP contribution is 2.47. The van der Waals surface area contributed by atoms with Crippen molar-refractivity contribution in [3.8, 4) is 5.75 Å². The second kappa shape index (κ2) is 9.12. The van der Waals surface area contributed by atoms with Crippen molar-refractivity contribution >= 4 is 23.4 Å². The zero-order valence-corrected chi connectivity index (χ0v) is 18.4. The summed E-state index contributed by atoms with van der Waals surface area (Å²) in [5.74, 6) is 0.273. The molecule has 1 saturated heterocycles. The summed E-state index contributed by atoms with van der Waals surface area (Å²) in [7, 11) is 0. The summed E-state index contributed by atoms with van der Waals surface area (Å²) >= 11 is 0. The van der Waals surface area contributed by atoms with E-state index in [1.54, 1.807) is 0 Å². The number of hydrogen-bond acceptors (Lipinski definition) is 5. The molecule has 1 aromatic carbocycles. The molecule has 3 aliphatic rings. The fourth-order valence-corrected chi connectivity index (χ4v) is 4.56. The number of amides is 3. The Balaban J connectivity index is 1.54. The number of ether oxygens (including phenoxy) is 1. The summed E-state index contributed by atoms with van der Waals surface area (Å²) in [5.41, 5.74) is 4.56. The minimum atomic E-state index is -0.354. The van der Waals surface area contributed by atoms with E-state index in [9.17, 15) is 14.4 Å². The maximum absolute atomic E-state index is 12.7. The highest BCUT2D eigenvalue weighted by atomic mass is 16.5. The number of nitrogens with zero attached hydrogens (tertiary/aromatic N) is 2. The van der Waals surface area contributed by atoms with Crippen LogP contribution in [0.4, 0.5) is 0 Å². The van der Waals surface area contributed by atoms with Crippen LogP contribution in [0.3, 0.4) is 0 Å². The summed E-state index contributed by atoms with van der Waals surface area (Å²) in [5, 5.41) is 2.48. The van der Waals surface area contributed by atoms with Gasteiger partial charge in [-0.3, -0.25) is 19.7 Å². The van der Waals surface area contributed by atoms with Crippen molar-refractivity contribution in [3.63, 3.8) is 0 Å². The number of piperidine rings is 1. The van der Waals surface area contributed by atoms with Crippen LogP contribution >= 0.6 is 0 Å². The smallest absolute Gasteiger partial charge is 0.260 e. The molecule has 166 valence electrons. The van der Waals surface area contributed by atoms with Crippen molar-refractivity contribution in [2.75, 3.05) is 19.7 Å². The minimum absolute atomic E-state index is 0.00194. The predicted molar refractivity (Wildman–Crippen MR) is 117 cm³/mol. The van der Waals surface area contributed by atoms with E-state index in [-0.39, 0.29) is 30.4 Å². The van der Waals surface area contributed by atoms with Crippen LogP contribution in [0.15, 0.2) is 23.8 Å². The van der Waals surface area contributed by atoms with Crippen molar-refractivity contribution in [1.29, 1.82) is 0 Å². The molecular weight excluding hydrogens is 394 g/mol. The molecule has 0 spiro atoms. The third-order valence-electron chi connectivity index (χ3n) is 6.12. The molecule has 0 radical (unpaired) electrons. The Labute approximate surface area is 183 Å². The van der Waals surface area contributed by atoms with E-state index in [4.69, 9.17) is 4.74 Å². The summed E-state index contributed by atoms with van der Waals surface area (Å²) in [4.78, 5) is 40.8. The third-order valence-corrected chi connectivity index (χ3v) is 6.12. The zero-order valence-electron chi connectivity index (χ0n) is 18.4. The second-order valence-corrected chi connectivity index (χ2v) is 8.50. The Hall–Kier alpha value is -2.83. The number of carbonyl (C=O) groups excluding carboxylic acids is 3. The average Bonchev–Trinajstić information content (AvgIpc) is 3.51. The van der Waals surface area contributed by atoms with Gasteiger partial charge in [-0.1, -0.05) is 26.0 Å². The maximum atomic E-state index is 12.7. The number of nitrogens with one attached hydrogen (secondary N) is 1. The number of carbonyl (C=O) groups is 3. The van der Waals surface area contributed by atoms with E-state index in [1.807, 2.05) is 17.0 Å². The molecule has 1 aromatic rings. The molecule has 1 atom stereocenters. The van der Waals surface area contributed by atoms with Crippen LogP contribution in [0, 0.1) is 0 Å². The maximum Gasteiger partial charge on any atom is 0.260 e. The Morgan fingerprint density at radius 2 is 1.90 bits per heavy atom. The lowest BCUT2D eigenvalue weighted by molar-refractivity contribution is -0.136. The Bertz CT molecular complexity index is 911. The normalized spacial score (nSPS) is 19.9. The average molecular weight is 426 g/mol. The van der Waals surface area contributed by atoms with E-state index in [2.05, 4.69) is 30.1 Å². The van der Waals surface area contributed by atoms with Crippen LogP contribution in [0.2, 0.25) is 0 Å². The van der Waals surface area contributed by atoms with Crippen LogP contribution in [-0.4, -0.2) is 53.3 Å². The summed E-state index contributed by atoms with van der Waals surface area (Å²) < 4.78 is 6.02. The second-order valence-electron chi connectivity index (χ2n) is 8.50. The molecule has 7 nitrogen and oxygen atoms in total. The van der Waals surface area contributed by atoms with Crippen molar-refractivity contribution < 1.29 is 19.1 Å². The molecule has 2 aliphatic heterocycles. The fraction of sp³-hybridized carbons (Fsp3) is 0.542. The van der Waals surface area contributed by atoms with Gasteiger partial charge in [0.05, 0.1) is 0 Å². The van der Waals surface area contributed by atoms with Gasteiger partial charge >= 0.3 is 0 Å². The molecule has 1 aliphatic carbocycles. The Morgan fingerprint density at radius 3 is 2.55 bits per heavy atom. The first kappa shape index (κ1) is 21.4. The van der Waals surface area contributed by atoms with Crippen molar-refractivity contribution in [2.24, 2.45) is 0 Å². The highest BCUT2D eigenvalue weighted by molar-refractivity contribution is 6.01. The molecule has 7 heteroatoms. The van der Waals surface area contributed by atoms with Crippen molar-refractivity contribution in [3.05, 3.63) is 34.9 Å². The number of imide groups is 1. The highest BCUT2D eigenvalue weighted by Gasteiger charge is 2.40. The van der Waals surface area contributed by atoms with E-state index in [1.165, 1.54) is 5.57 Å². The van der Waals surface area contributed by atoms with Gasteiger partial charge in [-0.2, -0.15) is 0 Å². The molecule has 2 heterocycles. The molecule has 1 saturated carbocycles. The van der Waals surface area contributed by atoms with Gasteiger partial charge in [-0.15, -0.1) is 0 Å². The van der Waals surface area contributed by atoms with E-state index in [0.29, 0.717) is 25.1 Å². The number of benzene rings is 1. The number of allylic oxidation sites excluding steroid dienone is 1. The SMILES string of the molecule is CCCN(CCC)C(=O)COc1cccc2c1CN(C1CCC(=O)NC1=O)C2=C1CC1. The van der Waals surface area contributed by atoms with Gasteiger partial charge < -0.3 is 14.5 Å². The molecule has 0 aromatic heterocycles. The van der Waals surface area contributed by atoms with Crippen LogP contribution in [0.25, 0.3) is 5.70 Å². The van der Waals surface area contributed by atoms with E-state index >= 15 is 0 Å². The lowest BCUT2D eigenvalue weighted by atomic mass is 10.0. The van der Waals surface area contributed by atoms with Gasteiger partial charge in [-0.05, 0) is 43.7 Å². The molecule has 4 rings (SSSR count). The molecule has 0 bridgehead atoms. The van der Waals surface area contributed by atoms with Gasteiger partial charge in [0, 0.05) is 42.9 Å². The fourth-order valence-electron chi connectivity index (χ4n) is 4.56. The lowest BCUT2D eigenvalue weighted by Gasteiger charge is -2.32. The van der Waals surface area contributed by atoms with E-state index < -0.39 is 0 Å². The van der Waals surface area contributed by atoms with Gasteiger partial charge in [0.2, 0.25) is 11.8 Å². The first-order valence-electron chi connectivity index (χ1n) is 11.4. The standard InChI is InChI=1S/C24H31N3O4/c1-3-12-26(13-4-2)22(29)15-31-20-7-5-6-17-18(20)14-27(23(17)16-8-9-16)19-10-11-21(28)25-24(19)30/h5-7,19H,3-4,8-15H2,1-2H3,(H,25,28,30). The number of rotatable bonds is 8. The van der Waals surface area contributed by atoms with Crippen LogP contribution in [-0.2, 0) is 20.9 Å². The van der Waals surface area contributed by atoms with Gasteiger partial charge in [0.1, 0.15) is 11.8 Å². The van der Waals surface area contributed by atoms with Gasteiger partial charge in [0.25, 0.3) is 5.91 Å². The largest absolute Gasteiger partial charge is 0.483 e. The Morgan fingerprint density at radius 1 is 1.16 bits per heavy atom. The first-order valence-corrected chi connectivity index (χ1v) is 11.4. The summed E-state index contributed by atoms with van der Waals surface area (Å²) in [6.45, 7) is 6.18. The van der Waals surface area contributed by atoms with Crippen molar-refractivity contribution in [2.45, 2.75) is 65.0 Å². The molecule has 2 fully saturated rings. The van der Waals surface area contributed by atoms with E-state index in [0.717, 1.165) is 55.6 Å². The number of fused-ring (bicyclic) bond motifs is 1. The molecular formula is C24H31N3O4. The third kappa shape index (κ3) is 4.45. The zero-order chi connectivity index (χ0) is 22.0. The molecule has 3 amide bonds. The number of hydrogen-bond donors (Lipinski definition) is 1. The van der Waals surface area contributed by atoms with Crippen LogP contribution < -0.4 is 10.1 Å². The quantitative estimate of drug-likeness (QED) is 0.648. The summed E-state index contributed by atoms with van der Waals surface area (Å²) in [6.07, 6.45) is 4.78.